The predicted octanol–water partition coefficient (Wildman–Crippen LogP) is 2.85. The lowest BCUT2D eigenvalue weighted by atomic mass is 9.96. The van der Waals surface area contributed by atoms with Gasteiger partial charge in [-0.3, -0.25) is 19.5 Å². The summed E-state index contributed by atoms with van der Waals surface area (Å²) in [5.41, 5.74) is 1.99. The Hall–Kier alpha value is -2.60. The van der Waals surface area contributed by atoms with Crippen LogP contribution in [0.2, 0.25) is 0 Å². The van der Waals surface area contributed by atoms with Crippen LogP contribution >= 0.6 is 0 Å². The number of amides is 1. The van der Waals surface area contributed by atoms with Crippen molar-refractivity contribution in [3.8, 4) is 0 Å². The molecule has 2 aromatic rings. The lowest BCUT2D eigenvalue weighted by Crippen LogP contribution is -2.40. The van der Waals surface area contributed by atoms with Crippen LogP contribution in [-0.4, -0.2) is 47.8 Å². The second kappa shape index (κ2) is 8.86. The molecule has 0 spiro atoms. The van der Waals surface area contributed by atoms with E-state index in [1.54, 1.807) is 12.3 Å². The minimum atomic E-state index is -0.338. The number of nitrogens with one attached hydrogen (secondary N) is 1. The molecular weight excluding hydrogens is 345 g/mol. The number of Topliss-reactive ketones (excluding diaryl/α,β-unsaturated/α-hetero) is 1. The molecule has 142 valence electrons. The third-order valence-corrected chi connectivity index (χ3v) is 4.94. The van der Waals surface area contributed by atoms with Crippen LogP contribution in [0.3, 0.4) is 0 Å². The first kappa shape index (κ1) is 19.2. The molecule has 5 nitrogen and oxygen atoms in total. The van der Waals surface area contributed by atoms with Crippen LogP contribution in [0.15, 0.2) is 42.6 Å². The quantitative estimate of drug-likeness (QED) is 0.796. The molecule has 1 saturated heterocycles. The summed E-state index contributed by atoms with van der Waals surface area (Å²) in [4.78, 5) is 30.7. The van der Waals surface area contributed by atoms with Crippen molar-refractivity contribution in [1.29, 1.82) is 0 Å². The number of carbonyl (C=O) groups excluding carboxylic acids is 2. The normalized spacial score (nSPS) is 15.5. The summed E-state index contributed by atoms with van der Waals surface area (Å²) in [6.45, 7) is 4.53. The zero-order chi connectivity index (χ0) is 19.2. The number of carbonyl (C=O) groups is 2. The van der Waals surface area contributed by atoms with Gasteiger partial charge in [0.05, 0.1) is 6.54 Å². The Morgan fingerprint density at radius 2 is 1.89 bits per heavy atom. The average molecular weight is 369 g/mol. The highest BCUT2D eigenvalue weighted by Crippen LogP contribution is 2.17. The van der Waals surface area contributed by atoms with Crippen LogP contribution in [0.4, 0.5) is 4.39 Å². The Morgan fingerprint density at radius 3 is 2.56 bits per heavy atom. The van der Waals surface area contributed by atoms with E-state index in [-0.39, 0.29) is 17.5 Å². The predicted molar refractivity (Wildman–Crippen MR) is 101 cm³/mol. The molecule has 0 aliphatic carbocycles. The lowest BCUT2D eigenvalue weighted by Gasteiger charge is -2.31. The molecule has 0 radical (unpaired) electrons. The average Bonchev–Trinajstić information content (AvgIpc) is 2.67. The number of aromatic nitrogens is 1. The number of hydrogen-bond donors (Lipinski definition) is 1. The molecule has 1 amide bonds. The van der Waals surface area contributed by atoms with Crippen molar-refractivity contribution in [3.05, 3.63) is 65.2 Å². The number of halogens is 1. The minimum Gasteiger partial charge on any atom is -0.350 e. The molecule has 27 heavy (non-hydrogen) atoms. The molecule has 0 saturated carbocycles. The van der Waals surface area contributed by atoms with Crippen LogP contribution < -0.4 is 5.32 Å². The van der Waals surface area contributed by atoms with Crippen molar-refractivity contribution in [2.24, 2.45) is 5.92 Å². The molecule has 1 aliphatic heterocycles. The number of piperidine rings is 1. The molecule has 1 aromatic heterocycles. The zero-order valence-electron chi connectivity index (χ0n) is 15.5. The zero-order valence-corrected chi connectivity index (χ0v) is 15.5. The number of ketones is 1. The van der Waals surface area contributed by atoms with Crippen molar-refractivity contribution in [1.82, 2.24) is 15.2 Å². The van der Waals surface area contributed by atoms with Gasteiger partial charge in [0.1, 0.15) is 11.5 Å². The molecule has 1 aliphatic rings. The van der Waals surface area contributed by atoms with E-state index in [9.17, 15) is 14.0 Å². The summed E-state index contributed by atoms with van der Waals surface area (Å²) < 4.78 is 13.0. The Balaban J connectivity index is 1.41. The molecule has 1 fully saturated rings. The summed E-state index contributed by atoms with van der Waals surface area (Å²) in [7, 11) is 0. The fourth-order valence-electron chi connectivity index (χ4n) is 3.27. The van der Waals surface area contributed by atoms with Gasteiger partial charge in [0.15, 0.2) is 5.78 Å². The third-order valence-electron chi connectivity index (χ3n) is 4.94. The van der Waals surface area contributed by atoms with E-state index in [1.807, 2.05) is 13.0 Å². The van der Waals surface area contributed by atoms with Crippen molar-refractivity contribution < 1.29 is 14.0 Å². The molecule has 3 rings (SSSR count). The molecule has 6 heteroatoms. The summed E-state index contributed by atoms with van der Waals surface area (Å²) in [6.07, 6.45) is 3.50. The highest BCUT2D eigenvalue weighted by molar-refractivity contribution is 5.97. The van der Waals surface area contributed by atoms with E-state index < -0.39 is 0 Å². The van der Waals surface area contributed by atoms with E-state index in [0.29, 0.717) is 30.3 Å². The maximum absolute atomic E-state index is 13.0. The first-order valence-electron chi connectivity index (χ1n) is 9.23. The van der Waals surface area contributed by atoms with Crippen molar-refractivity contribution >= 4 is 11.7 Å². The first-order valence-corrected chi connectivity index (χ1v) is 9.23. The van der Waals surface area contributed by atoms with Crippen LogP contribution in [-0.2, 0) is 0 Å². The number of aryl methyl sites for hydroxylation is 1. The molecular formula is C21H24FN3O2. The van der Waals surface area contributed by atoms with Gasteiger partial charge in [0, 0.05) is 18.3 Å². The number of benzene rings is 1. The van der Waals surface area contributed by atoms with Gasteiger partial charge in [0.25, 0.3) is 5.91 Å². The van der Waals surface area contributed by atoms with Gasteiger partial charge >= 0.3 is 0 Å². The molecule has 1 N–H and O–H groups in total. The SMILES string of the molecule is Cc1ccnc(C(=O)NCC2CCN(CC(=O)c3ccc(F)cc3)CC2)c1. The fraction of sp³-hybridized carbons (Fsp3) is 0.381. The molecule has 0 atom stereocenters. The van der Waals surface area contributed by atoms with Crippen molar-refractivity contribution in [2.45, 2.75) is 19.8 Å². The third kappa shape index (κ3) is 5.44. The first-order chi connectivity index (χ1) is 13.0. The van der Waals surface area contributed by atoms with Gasteiger partial charge < -0.3 is 5.32 Å². The van der Waals surface area contributed by atoms with Crippen LogP contribution in [0.25, 0.3) is 0 Å². The lowest BCUT2D eigenvalue weighted by molar-refractivity contribution is 0.0886. The van der Waals surface area contributed by atoms with Gasteiger partial charge in [-0.15, -0.1) is 0 Å². The van der Waals surface area contributed by atoms with Gasteiger partial charge in [-0.1, -0.05) is 0 Å². The Labute approximate surface area is 158 Å². The number of rotatable bonds is 6. The molecule has 2 heterocycles. The van der Waals surface area contributed by atoms with Gasteiger partial charge in [0.2, 0.25) is 0 Å². The minimum absolute atomic E-state index is 0.00674. The van der Waals surface area contributed by atoms with E-state index in [0.717, 1.165) is 31.5 Å². The number of nitrogens with zero attached hydrogens (tertiary/aromatic N) is 2. The Bertz CT molecular complexity index is 799. The van der Waals surface area contributed by atoms with E-state index in [4.69, 9.17) is 0 Å². The summed E-state index contributed by atoms with van der Waals surface area (Å²) in [5, 5.41) is 2.96. The van der Waals surface area contributed by atoms with Gasteiger partial charge in [-0.05, 0) is 80.7 Å². The van der Waals surface area contributed by atoms with Crippen molar-refractivity contribution in [3.63, 3.8) is 0 Å². The largest absolute Gasteiger partial charge is 0.350 e. The summed E-state index contributed by atoms with van der Waals surface area (Å²) >= 11 is 0. The smallest absolute Gasteiger partial charge is 0.269 e. The Morgan fingerprint density at radius 1 is 1.19 bits per heavy atom. The molecule has 1 aromatic carbocycles. The maximum Gasteiger partial charge on any atom is 0.269 e. The maximum atomic E-state index is 13.0. The summed E-state index contributed by atoms with van der Waals surface area (Å²) in [6, 6.07) is 9.31. The topological polar surface area (TPSA) is 62.3 Å². The second-order valence-corrected chi connectivity index (χ2v) is 7.08. The number of hydrogen-bond acceptors (Lipinski definition) is 4. The van der Waals surface area contributed by atoms with E-state index in [1.165, 1.54) is 24.3 Å². The van der Waals surface area contributed by atoms with E-state index in [2.05, 4.69) is 15.2 Å². The number of pyridine rings is 1. The van der Waals surface area contributed by atoms with E-state index >= 15 is 0 Å². The van der Waals surface area contributed by atoms with Crippen LogP contribution in [0, 0.1) is 18.7 Å². The fourth-order valence-corrected chi connectivity index (χ4v) is 3.27. The number of likely N-dealkylation sites (tertiary alicyclic amines) is 1. The van der Waals surface area contributed by atoms with Gasteiger partial charge in [-0.2, -0.15) is 0 Å². The standard InChI is InChI=1S/C21H24FN3O2/c1-15-6-9-23-19(12-15)21(27)24-13-16-7-10-25(11-8-16)14-20(26)17-2-4-18(22)5-3-17/h2-6,9,12,16H,7-8,10-11,13-14H2,1H3,(H,24,27). The molecule has 0 bridgehead atoms. The summed E-state index contributed by atoms with van der Waals surface area (Å²) in [5.74, 6) is -0.0777. The highest BCUT2D eigenvalue weighted by atomic mass is 19.1. The highest BCUT2D eigenvalue weighted by Gasteiger charge is 2.22. The molecule has 0 unspecified atom stereocenters. The monoisotopic (exact) mass is 369 g/mol. The Kier molecular flexibility index (Phi) is 6.29. The van der Waals surface area contributed by atoms with Crippen LogP contribution in [0.5, 0.6) is 0 Å². The van der Waals surface area contributed by atoms with Gasteiger partial charge in [-0.25, -0.2) is 4.39 Å². The van der Waals surface area contributed by atoms with Crippen LogP contribution in [0.1, 0.15) is 39.3 Å². The second-order valence-electron chi connectivity index (χ2n) is 7.08. The van der Waals surface area contributed by atoms with Crippen molar-refractivity contribution in [2.75, 3.05) is 26.2 Å².